The number of benzene rings is 1. The Balaban J connectivity index is 1.47. The maximum Gasteiger partial charge on any atom is 0.255 e. The largest absolute Gasteiger partial charge is 0.367 e. The lowest BCUT2D eigenvalue weighted by atomic mass is 9.95. The molecule has 6 heteroatoms. The van der Waals surface area contributed by atoms with Gasteiger partial charge < -0.3 is 9.80 Å². The molecule has 1 aliphatic heterocycles. The molecule has 26 heavy (non-hydrogen) atoms. The minimum atomic E-state index is -0.492. The van der Waals surface area contributed by atoms with Crippen LogP contribution in [0, 0.1) is 17.1 Å². The number of amides is 1. The number of carbonyl (C=O) groups excluding carboxylic acids is 1. The van der Waals surface area contributed by atoms with Crippen LogP contribution < -0.4 is 4.90 Å². The van der Waals surface area contributed by atoms with E-state index in [-0.39, 0.29) is 11.5 Å². The van der Waals surface area contributed by atoms with Gasteiger partial charge in [0.05, 0.1) is 11.3 Å². The van der Waals surface area contributed by atoms with Crippen LogP contribution in [-0.4, -0.2) is 37.0 Å². The standard InChI is InChI=1S/C20H20FN3OS/c21-17-5-3-6-18(15(17)12-22)23-8-10-24(11-9-23)20(25)16-13-26-19-7-2-1-4-14(16)19/h3,5-6,13H,1-2,4,7-11H2. The number of aryl methyl sites for hydroxylation is 1. The van der Waals surface area contributed by atoms with Crippen LogP contribution in [0.25, 0.3) is 0 Å². The summed E-state index contributed by atoms with van der Waals surface area (Å²) in [4.78, 5) is 18.2. The summed E-state index contributed by atoms with van der Waals surface area (Å²) in [7, 11) is 0. The highest BCUT2D eigenvalue weighted by atomic mass is 32.1. The van der Waals surface area contributed by atoms with Crippen LogP contribution in [0.1, 0.15) is 39.2 Å². The Bertz CT molecular complexity index is 878. The smallest absolute Gasteiger partial charge is 0.255 e. The average Bonchev–Trinajstić information content (AvgIpc) is 3.11. The fourth-order valence-electron chi connectivity index (χ4n) is 3.88. The number of thiophene rings is 1. The van der Waals surface area contributed by atoms with Crippen molar-refractivity contribution in [3.63, 3.8) is 0 Å². The van der Waals surface area contributed by atoms with E-state index >= 15 is 0 Å². The SMILES string of the molecule is N#Cc1c(F)cccc1N1CCN(C(=O)c2csc3c2CCCC3)CC1. The summed E-state index contributed by atoms with van der Waals surface area (Å²) in [5.74, 6) is -0.378. The lowest BCUT2D eigenvalue weighted by Crippen LogP contribution is -2.49. The Hall–Kier alpha value is -2.39. The van der Waals surface area contributed by atoms with Gasteiger partial charge in [-0.25, -0.2) is 4.39 Å². The summed E-state index contributed by atoms with van der Waals surface area (Å²) in [6, 6.07) is 6.66. The quantitative estimate of drug-likeness (QED) is 0.813. The first kappa shape index (κ1) is 17.0. The summed E-state index contributed by atoms with van der Waals surface area (Å²) in [6.07, 6.45) is 4.48. The van der Waals surface area contributed by atoms with Crippen molar-refractivity contribution in [1.29, 1.82) is 5.26 Å². The van der Waals surface area contributed by atoms with E-state index in [1.807, 2.05) is 21.2 Å². The van der Waals surface area contributed by atoms with E-state index in [2.05, 4.69) is 0 Å². The number of hydrogen-bond donors (Lipinski definition) is 0. The van der Waals surface area contributed by atoms with Crippen molar-refractivity contribution in [2.45, 2.75) is 25.7 Å². The first-order valence-corrected chi connectivity index (χ1v) is 9.89. The molecule has 1 aromatic carbocycles. The third-order valence-corrected chi connectivity index (χ3v) is 6.39. The second kappa shape index (κ2) is 7.08. The molecule has 4 rings (SSSR count). The fraction of sp³-hybridized carbons (Fsp3) is 0.400. The molecule has 0 saturated carbocycles. The van der Waals surface area contributed by atoms with Crippen molar-refractivity contribution in [1.82, 2.24) is 4.90 Å². The van der Waals surface area contributed by atoms with Crippen molar-refractivity contribution in [2.75, 3.05) is 31.1 Å². The number of rotatable bonds is 2. The molecule has 2 aromatic rings. The molecule has 2 aliphatic rings. The number of piperazine rings is 1. The number of fused-ring (bicyclic) bond motifs is 1. The molecule has 1 amide bonds. The Morgan fingerprint density at radius 2 is 1.92 bits per heavy atom. The van der Waals surface area contributed by atoms with Gasteiger partial charge in [-0.3, -0.25) is 4.79 Å². The van der Waals surface area contributed by atoms with Crippen molar-refractivity contribution >= 4 is 22.9 Å². The van der Waals surface area contributed by atoms with E-state index in [1.165, 1.54) is 22.9 Å². The van der Waals surface area contributed by atoms with Crippen molar-refractivity contribution in [2.24, 2.45) is 0 Å². The second-order valence-corrected chi connectivity index (χ2v) is 7.75. The molecule has 2 heterocycles. The van der Waals surface area contributed by atoms with Crippen LogP contribution in [0.3, 0.4) is 0 Å². The van der Waals surface area contributed by atoms with E-state index in [1.54, 1.807) is 23.5 Å². The van der Waals surface area contributed by atoms with Gasteiger partial charge in [-0.2, -0.15) is 5.26 Å². The van der Waals surface area contributed by atoms with Crippen LogP contribution in [0.5, 0.6) is 0 Å². The number of nitriles is 1. The van der Waals surface area contributed by atoms with Crippen LogP contribution in [-0.2, 0) is 12.8 Å². The highest BCUT2D eigenvalue weighted by Crippen LogP contribution is 2.31. The molecule has 1 saturated heterocycles. The zero-order chi connectivity index (χ0) is 18.1. The van der Waals surface area contributed by atoms with Crippen LogP contribution in [0.15, 0.2) is 23.6 Å². The maximum absolute atomic E-state index is 13.8. The zero-order valence-corrected chi connectivity index (χ0v) is 15.3. The van der Waals surface area contributed by atoms with E-state index < -0.39 is 5.82 Å². The molecule has 134 valence electrons. The van der Waals surface area contributed by atoms with Gasteiger partial charge in [0.25, 0.3) is 5.91 Å². The van der Waals surface area contributed by atoms with Crippen LogP contribution >= 0.6 is 11.3 Å². The summed E-state index contributed by atoms with van der Waals surface area (Å²) in [5, 5.41) is 11.2. The Labute approximate surface area is 156 Å². The van der Waals surface area contributed by atoms with E-state index in [0.717, 1.165) is 24.8 Å². The normalized spacial score (nSPS) is 16.9. The summed E-state index contributed by atoms with van der Waals surface area (Å²) in [5.41, 5.74) is 2.83. The second-order valence-electron chi connectivity index (χ2n) is 6.78. The molecule has 0 spiro atoms. The number of halogens is 1. The average molecular weight is 369 g/mol. The Morgan fingerprint density at radius 1 is 1.15 bits per heavy atom. The van der Waals surface area contributed by atoms with Gasteiger partial charge in [-0.15, -0.1) is 11.3 Å². The zero-order valence-electron chi connectivity index (χ0n) is 14.5. The van der Waals surface area contributed by atoms with Gasteiger partial charge in [-0.05, 0) is 43.4 Å². The van der Waals surface area contributed by atoms with Gasteiger partial charge in [0.2, 0.25) is 0 Å². The minimum Gasteiger partial charge on any atom is -0.367 e. The van der Waals surface area contributed by atoms with E-state index in [9.17, 15) is 14.4 Å². The van der Waals surface area contributed by atoms with E-state index in [0.29, 0.717) is 31.9 Å². The predicted octanol–water partition coefficient (Wildman–Crippen LogP) is 3.60. The third-order valence-electron chi connectivity index (χ3n) is 5.30. The van der Waals surface area contributed by atoms with Gasteiger partial charge in [0.15, 0.2) is 0 Å². The number of carbonyl (C=O) groups is 1. The van der Waals surface area contributed by atoms with Crippen LogP contribution in [0.2, 0.25) is 0 Å². The molecular weight excluding hydrogens is 349 g/mol. The molecule has 4 nitrogen and oxygen atoms in total. The molecule has 0 atom stereocenters. The molecule has 0 radical (unpaired) electrons. The fourth-order valence-corrected chi connectivity index (χ4v) is 5.00. The minimum absolute atomic E-state index is 0.0826. The van der Waals surface area contributed by atoms with Crippen molar-refractivity contribution < 1.29 is 9.18 Å². The summed E-state index contributed by atoms with van der Waals surface area (Å²) in [6.45, 7) is 2.39. The van der Waals surface area contributed by atoms with Gasteiger partial charge in [0.1, 0.15) is 17.4 Å². The van der Waals surface area contributed by atoms with Gasteiger partial charge in [0, 0.05) is 36.4 Å². The monoisotopic (exact) mass is 369 g/mol. The number of anilines is 1. The first-order chi connectivity index (χ1) is 12.7. The van der Waals surface area contributed by atoms with Gasteiger partial charge in [-0.1, -0.05) is 6.07 Å². The van der Waals surface area contributed by atoms with E-state index in [4.69, 9.17) is 0 Å². The lowest BCUT2D eigenvalue weighted by molar-refractivity contribution is 0.0746. The molecular formula is C20H20FN3OS. The topological polar surface area (TPSA) is 47.3 Å². The molecule has 1 fully saturated rings. The van der Waals surface area contributed by atoms with Gasteiger partial charge >= 0.3 is 0 Å². The Morgan fingerprint density at radius 3 is 2.69 bits per heavy atom. The number of nitrogens with zero attached hydrogens (tertiary/aromatic N) is 3. The molecule has 1 aromatic heterocycles. The highest BCUT2D eigenvalue weighted by molar-refractivity contribution is 7.10. The predicted molar refractivity (Wildman–Crippen MR) is 100 cm³/mol. The maximum atomic E-state index is 13.8. The summed E-state index contributed by atoms with van der Waals surface area (Å²) >= 11 is 1.71. The third kappa shape index (κ3) is 2.97. The van der Waals surface area contributed by atoms with Crippen molar-refractivity contribution in [3.8, 4) is 6.07 Å². The highest BCUT2D eigenvalue weighted by Gasteiger charge is 2.27. The molecule has 1 aliphatic carbocycles. The number of hydrogen-bond acceptors (Lipinski definition) is 4. The Kier molecular flexibility index (Phi) is 4.64. The molecule has 0 unspecified atom stereocenters. The molecule has 0 N–H and O–H groups in total. The lowest BCUT2D eigenvalue weighted by Gasteiger charge is -2.36. The summed E-state index contributed by atoms with van der Waals surface area (Å²) < 4.78 is 13.8. The first-order valence-electron chi connectivity index (χ1n) is 9.01. The van der Waals surface area contributed by atoms with Crippen molar-refractivity contribution in [3.05, 3.63) is 51.0 Å². The molecule has 0 bridgehead atoms. The van der Waals surface area contributed by atoms with Crippen LogP contribution in [0.4, 0.5) is 10.1 Å².